The summed E-state index contributed by atoms with van der Waals surface area (Å²) in [7, 11) is 0. The van der Waals surface area contributed by atoms with Crippen LogP contribution < -0.4 is 0 Å². The molecule has 0 heterocycles. The summed E-state index contributed by atoms with van der Waals surface area (Å²) in [6.07, 6.45) is 0. The lowest BCUT2D eigenvalue weighted by atomic mass is 9.84. The van der Waals surface area contributed by atoms with Gasteiger partial charge in [-0.1, -0.05) is 56.3 Å². The van der Waals surface area contributed by atoms with Gasteiger partial charge in [0.1, 0.15) is 5.71 Å². The zero-order valence-electron chi connectivity index (χ0n) is 13.8. The van der Waals surface area contributed by atoms with E-state index in [1.54, 1.807) is 12.1 Å². The Kier molecular flexibility index (Phi) is 4.55. The second-order valence-electron chi connectivity index (χ2n) is 6.61. The Morgan fingerprint density at radius 2 is 1.57 bits per heavy atom. The molecule has 0 aromatic heterocycles. The Morgan fingerprint density at radius 1 is 1.00 bits per heavy atom. The fourth-order valence-electron chi connectivity index (χ4n) is 2.43. The highest BCUT2D eigenvalue weighted by Gasteiger charge is 2.17. The van der Waals surface area contributed by atoms with Gasteiger partial charge in [0.2, 0.25) is 0 Å². The highest BCUT2D eigenvalue weighted by molar-refractivity contribution is 6.13. The summed E-state index contributed by atoms with van der Waals surface area (Å²) in [5.41, 5.74) is 4.38. The molecule has 0 unspecified atom stereocenters. The molecule has 0 saturated heterocycles. The van der Waals surface area contributed by atoms with Crippen LogP contribution in [0.5, 0.6) is 0 Å². The van der Waals surface area contributed by atoms with Crippen LogP contribution in [0.25, 0.3) is 0 Å². The number of carboxylic acids is 1. The standard InChI is InChI=1S/C19H21NO3/c1-12-11-15(19(2,3)4)9-10-16(12)17(20-23)13-5-7-14(8-6-13)18(21)22/h5-11,23H,1-4H3,(H,21,22)/b20-17+. The zero-order chi connectivity index (χ0) is 17.2. The van der Waals surface area contributed by atoms with Crippen molar-refractivity contribution in [3.63, 3.8) is 0 Å². The van der Waals surface area contributed by atoms with Crippen molar-refractivity contribution in [2.24, 2.45) is 5.16 Å². The first-order valence-corrected chi connectivity index (χ1v) is 7.41. The van der Waals surface area contributed by atoms with Crippen molar-refractivity contribution in [1.82, 2.24) is 0 Å². The van der Waals surface area contributed by atoms with E-state index in [1.807, 2.05) is 19.1 Å². The van der Waals surface area contributed by atoms with Gasteiger partial charge in [0.05, 0.1) is 5.56 Å². The van der Waals surface area contributed by atoms with Crippen LogP contribution in [0.3, 0.4) is 0 Å². The van der Waals surface area contributed by atoms with E-state index in [4.69, 9.17) is 5.11 Å². The van der Waals surface area contributed by atoms with Gasteiger partial charge >= 0.3 is 5.97 Å². The minimum atomic E-state index is -0.982. The van der Waals surface area contributed by atoms with Crippen molar-refractivity contribution in [1.29, 1.82) is 0 Å². The number of hydrogen-bond acceptors (Lipinski definition) is 3. The van der Waals surface area contributed by atoms with E-state index in [-0.39, 0.29) is 11.0 Å². The molecule has 0 atom stereocenters. The quantitative estimate of drug-likeness (QED) is 0.506. The number of carboxylic acid groups (broad SMARTS) is 1. The molecule has 0 bridgehead atoms. The highest BCUT2D eigenvalue weighted by Crippen LogP contribution is 2.25. The highest BCUT2D eigenvalue weighted by atomic mass is 16.4. The summed E-state index contributed by atoms with van der Waals surface area (Å²) in [6, 6.07) is 12.4. The predicted molar refractivity (Wildman–Crippen MR) is 90.7 cm³/mol. The van der Waals surface area contributed by atoms with Crippen molar-refractivity contribution in [2.45, 2.75) is 33.1 Å². The Hall–Kier alpha value is -2.62. The Morgan fingerprint density at radius 3 is 2.00 bits per heavy atom. The van der Waals surface area contributed by atoms with Crippen LogP contribution in [0.15, 0.2) is 47.6 Å². The van der Waals surface area contributed by atoms with Crippen molar-refractivity contribution < 1.29 is 15.1 Å². The normalized spacial score (nSPS) is 12.3. The van der Waals surface area contributed by atoms with Gasteiger partial charge in [-0.2, -0.15) is 0 Å². The van der Waals surface area contributed by atoms with Gasteiger partial charge in [0.15, 0.2) is 0 Å². The van der Waals surface area contributed by atoms with Gasteiger partial charge < -0.3 is 10.3 Å². The third-order valence-corrected chi connectivity index (χ3v) is 3.85. The van der Waals surface area contributed by atoms with Crippen LogP contribution in [-0.2, 0) is 5.41 Å². The van der Waals surface area contributed by atoms with Gasteiger partial charge in [0, 0.05) is 11.1 Å². The minimum absolute atomic E-state index is 0.0446. The fraction of sp³-hybridized carbons (Fsp3) is 0.263. The van der Waals surface area contributed by atoms with Crippen molar-refractivity contribution >= 4 is 11.7 Å². The van der Waals surface area contributed by atoms with Gasteiger partial charge in [-0.3, -0.25) is 0 Å². The van der Waals surface area contributed by atoms with E-state index in [2.05, 4.69) is 32.0 Å². The molecule has 0 saturated carbocycles. The summed E-state index contributed by atoms with van der Waals surface area (Å²) in [5.74, 6) is -0.982. The first-order chi connectivity index (χ1) is 10.7. The van der Waals surface area contributed by atoms with Crippen LogP contribution >= 0.6 is 0 Å². The average molecular weight is 311 g/mol. The molecule has 0 spiro atoms. The first-order valence-electron chi connectivity index (χ1n) is 7.41. The first kappa shape index (κ1) is 16.7. The number of benzene rings is 2. The van der Waals surface area contributed by atoms with E-state index in [0.29, 0.717) is 11.3 Å². The summed E-state index contributed by atoms with van der Waals surface area (Å²) in [6.45, 7) is 8.41. The molecule has 120 valence electrons. The fourth-order valence-corrected chi connectivity index (χ4v) is 2.43. The molecule has 0 fully saturated rings. The lowest BCUT2D eigenvalue weighted by Gasteiger charge is -2.20. The molecule has 0 radical (unpaired) electrons. The van der Waals surface area contributed by atoms with Crippen molar-refractivity contribution in [3.8, 4) is 0 Å². The number of hydrogen-bond donors (Lipinski definition) is 2. The van der Waals surface area contributed by atoms with E-state index in [1.165, 1.54) is 17.7 Å². The SMILES string of the molecule is Cc1cc(C(C)(C)C)ccc1/C(=N/O)c1ccc(C(=O)O)cc1. The molecule has 2 N–H and O–H groups in total. The van der Waals surface area contributed by atoms with Gasteiger partial charge in [-0.05, 0) is 35.6 Å². The lowest BCUT2D eigenvalue weighted by molar-refractivity contribution is 0.0697. The molecular weight excluding hydrogens is 290 g/mol. The second kappa shape index (κ2) is 6.24. The molecule has 2 aromatic rings. The van der Waals surface area contributed by atoms with E-state index in [0.717, 1.165) is 11.1 Å². The summed E-state index contributed by atoms with van der Waals surface area (Å²) in [4.78, 5) is 10.9. The third kappa shape index (κ3) is 3.59. The number of aromatic carboxylic acids is 1. The Labute approximate surface area is 136 Å². The molecule has 0 amide bonds. The molecule has 4 nitrogen and oxygen atoms in total. The topological polar surface area (TPSA) is 69.9 Å². The third-order valence-electron chi connectivity index (χ3n) is 3.85. The number of nitrogens with zero attached hydrogens (tertiary/aromatic N) is 1. The van der Waals surface area contributed by atoms with E-state index < -0.39 is 5.97 Å². The molecule has 2 rings (SSSR count). The zero-order valence-corrected chi connectivity index (χ0v) is 13.8. The molecule has 4 heteroatoms. The van der Waals surface area contributed by atoms with E-state index >= 15 is 0 Å². The summed E-state index contributed by atoms with van der Waals surface area (Å²) >= 11 is 0. The maximum absolute atomic E-state index is 10.9. The van der Waals surface area contributed by atoms with Crippen LogP contribution in [0.4, 0.5) is 0 Å². The summed E-state index contributed by atoms with van der Waals surface area (Å²) in [5, 5.41) is 21.8. The maximum Gasteiger partial charge on any atom is 0.335 e. The number of oxime groups is 1. The smallest absolute Gasteiger partial charge is 0.335 e. The van der Waals surface area contributed by atoms with Gasteiger partial charge in [-0.25, -0.2) is 4.79 Å². The molecule has 23 heavy (non-hydrogen) atoms. The van der Waals surface area contributed by atoms with Crippen molar-refractivity contribution in [2.75, 3.05) is 0 Å². The number of aryl methyl sites for hydroxylation is 1. The largest absolute Gasteiger partial charge is 0.478 e. The molecule has 0 aliphatic rings. The van der Waals surface area contributed by atoms with Gasteiger partial charge in [0.25, 0.3) is 0 Å². The van der Waals surface area contributed by atoms with Crippen LogP contribution in [0, 0.1) is 6.92 Å². The predicted octanol–water partition coefficient (Wildman–Crippen LogP) is 4.22. The number of carbonyl (C=O) groups is 1. The minimum Gasteiger partial charge on any atom is -0.478 e. The van der Waals surface area contributed by atoms with Crippen LogP contribution in [0.1, 0.15) is 53.4 Å². The average Bonchev–Trinajstić information content (AvgIpc) is 2.49. The summed E-state index contributed by atoms with van der Waals surface area (Å²) < 4.78 is 0. The molecular formula is C19H21NO3. The lowest BCUT2D eigenvalue weighted by Crippen LogP contribution is -2.13. The Balaban J connectivity index is 2.44. The van der Waals surface area contributed by atoms with Crippen LogP contribution in [-0.4, -0.2) is 22.0 Å². The Bertz CT molecular complexity index is 753. The maximum atomic E-state index is 10.9. The molecule has 2 aromatic carbocycles. The second-order valence-corrected chi connectivity index (χ2v) is 6.61. The van der Waals surface area contributed by atoms with Crippen LogP contribution in [0.2, 0.25) is 0 Å². The van der Waals surface area contributed by atoms with E-state index in [9.17, 15) is 10.0 Å². The van der Waals surface area contributed by atoms with Crippen molar-refractivity contribution in [3.05, 3.63) is 70.3 Å². The van der Waals surface area contributed by atoms with Gasteiger partial charge in [-0.15, -0.1) is 0 Å². The monoisotopic (exact) mass is 311 g/mol. The number of rotatable bonds is 3. The molecule has 0 aliphatic heterocycles. The molecule has 0 aliphatic carbocycles.